The Bertz CT molecular complexity index is 691. The van der Waals surface area contributed by atoms with Crippen molar-refractivity contribution in [2.45, 2.75) is 258 Å². The lowest BCUT2D eigenvalue weighted by Gasteiger charge is -2.08. The number of nitrogens with zero attached hydrogens (tertiary/aromatic N) is 3. The number of hydrogen-bond acceptors (Lipinski definition) is 3. The van der Waals surface area contributed by atoms with Gasteiger partial charge in [0.25, 0.3) is 0 Å². The molecule has 1 aromatic rings. The second-order valence-electron chi connectivity index (χ2n) is 15.0. The zero-order valence-electron chi connectivity index (χ0n) is 32.4. The molecule has 0 N–H and O–H groups in total. The number of aromatic nitrogens is 3. The molecule has 0 aliphatic carbocycles. The molecule has 1 rings (SSSR count). The maximum absolute atomic E-state index is 4.89. The van der Waals surface area contributed by atoms with Crippen LogP contribution in [0.15, 0.2) is 0 Å². The van der Waals surface area contributed by atoms with Crippen LogP contribution in [0.25, 0.3) is 0 Å². The Morgan fingerprint density at radius 2 is 0.468 bits per heavy atom. The normalized spacial score (nSPS) is 11.6. The SMILES string of the molecule is [CH2]CCc1nc(CCCCCCCCCCCCCCCCCCC)nc(CCCCCCCCCCCCCCCCCCC)n1. The second-order valence-corrected chi connectivity index (χ2v) is 15.0. The molecular formula is C44H84N3. The van der Waals surface area contributed by atoms with Crippen LogP contribution in [0.2, 0.25) is 0 Å². The average Bonchev–Trinajstić information content (AvgIpc) is 3.07. The maximum Gasteiger partial charge on any atom is 0.132 e. The third kappa shape index (κ3) is 30.8. The van der Waals surface area contributed by atoms with E-state index in [1.165, 1.54) is 218 Å². The molecule has 275 valence electrons. The van der Waals surface area contributed by atoms with Crippen LogP contribution in [-0.2, 0) is 19.3 Å². The van der Waals surface area contributed by atoms with Gasteiger partial charge in [-0.1, -0.05) is 226 Å². The molecule has 0 aliphatic rings. The summed E-state index contributed by atoms with van der Waals surface area (Å²) >= 11 is 0. The number of rotatable bonds is 38. The molecule has 0 bridgehead atoms. The van der Waals surface area contributed by atoms with Gasteiger partial charge in [0.2, 0.25) is 0 Å². The van der Waals surface area contributed by atoms with Crippen LogP contribution in [0.1, 0.15) is 256 Å². The fourth-order valence-electron chi connectivity index (χ4n) is 7.03. The van der Waals surface area contributed by atoms with Gasteiger partial charge in [0.05, 0.1) is 0 Å². The highest BCUT2D eigenvalue weighted by Crippen LogP contribution is 2.17. The van der Waals surface area contributed by atoms with Crippen LogP contribution < -0.4 is 0 Å². The largest absolute Gasteiger partial charge is 0.218 e. The first kappa shape index (κ1) is 44.0. The fraction of sp³-hybridized carbons (Fsp3) is 0.909. The third-order valence-electron chi connectivity index (χ3n) is 10.2. The molecule has 0 spiro atoms. The van der Waals surface area contributed by atoms with Crippen molar-refractivity contribution in [2.75, 3.05) is 0 Å². The molecule has 0 aliphatic heterocycles. The Labute approximate surface area is 296 Å². The molecule has 0 atom stereocenters. The van der Waals surface area contributed by atoms with Crippen LogP contribution in [-0.4, -0.2) is 15.0 Å². The van der Waals surface area contributed by atoms with Gasteiger partial charge in [-0.2, -0.15) is 0 Å². The van der Waals surface area contributed by atoms with Gasteiger partial charge in [-0.15, -0.1) is 0 Å². The van der Waals surface area contributed by atoms with E-state index in [1.54, 1.807) is 0 Å². The van der Waals surface area contributed by atoms with Crippen LogP contribution >= 0.6 is 0 Å². The van der Waals surface area contributed by atoms with Gasteiger partial charge >= 0.3 is 0 Å². The minimum Gasteiger partial charge on any atom is -0.218 e. The molecule has 0 amide bonds. The molecule has 3 heteroatoms. The Kier molecular flexibility index (Phi) is 34.0. The molecule has 0 saturated heterocycles. The van der Waals surface area contributed by atoms with E-state index in [9.17, 15) is 0 Å². The summed E-state index contributed by atoms with van der Waals surface area (Å²) in [6, 6.07) is 0. The van der Waals surface area contributed by atoms with Crippen molar-refractivity contribution in [3.05, 3.63) is 24.4 Å². The number of unbranched alkanes of at least 4 members (excludes halogenated alkanes) is 32. The van der Waals surface area contributed by atoms with E-state index in [-0.39, 0.29) is 0 Å². The second kappa shape index (κ2) is 36.3. The predicted molar refractivity (Wildman–Crippen MR) is 209 cm³/mol. The molecule has 0 aromatic carbocycles. The van der Waals surface area contributed by atoms with E-state index in [0.717, 1.165) is 43.2 Å². The van der Waals surface area contributed by atoms with E-state index in [4.69, 9.17) is 15.0 Å². The van der Waals surface area contributed by atoms with Crippen molar-refractivity contribution in [2.24, 2.45) is 0 Å². The molecule has 3 nitrogen and oxygen atoms in total. The van der Waals surface area contributed by atoms with E-state index in [0.29, 0.717) is 0 Å². The number of aryl methyl sites for hydroxylation is 3. The Balaban J connectivity index is 2.00. The van der Waals surface area contributed by atoms with Crippen LogP contribution in [0, 0.1) is 6.92 Å². The highest BCUT2D eigenvalue weighted by molar-refractivity contribution is 4.99. The summed E-state index contributed by atoms with van der Waals surface area (Å²) in [7, 11) is 0. The third-order valence-corrected chi connectivity index (χ3v) is 10.2. The molecule has 1 heterocycles. The van der Waals surface area contributed by atoms with Gasteiger partial charge < -0.3 is 0 Å². The van der Waals surface area contributed by atoms with Gasteiger partial charge in [0, 0.05) is 19.3 Å². The van der Waals surface area contributed by atoms with Crippen LogP contribution in [0.3, 0.4) is 0 Å². The van der Waals surface area contributed by atoms with Crippen molar-refractivity contribution >= 4 is 0 Å². The molecule has 0 unspecified atom stereocenters. The van der Waals surface area contributed by atoms with Crippen molar-refractivity contribution in [3.8, 4) is 0 Å². The molecule has 47 heavy (non-hydrogen) atoms. The topological polar surface area (TPSA) is 38.7 Å². The summed E-state index contributed by atoms with van der Waals surface area (Å²) in [5.41, 5.74) is 0. The van der Waals surface area contributed by atoms with Crippen molar-refractivity contribution in [3.63, 3.8) is 0 Å². The van der Waals surface area contributed by atoms with Gasteiger partial charge in [0.1, 0.15) is 17.5 Å². The maximum atomic E-state index is 4.89. The minimum absolute atomic E-state index is 0.862. The Morgan fingerprint density at radius 1 is 0.277 bits per heavy atom. The van der Waals surface area contributed by atoms with E-state index in [2.05, 4.69) is 20.8 Å². The first-order chi connectivity index (χ1) is 23.3. The van der Waals surface area contributed by atoms with E-state index < -0.39 is 0 Å². The smallest absolute Gasteiger partial charge is 0.132 e. The summed E-state index contributed by atoms with van der Waals surface area (Å²) in [6.07, 6.45) is 51.8. The fourth-order valence-corrected chi connectivity index (χ4v) is 7.03. The van der Waals surface area contributed by atoms with E-state index in [1.807, 2.05) is 0 Å². The van der Waals surface area contributed by atoms with Gasteiger partial charge in [-0.05, 0) is 19.3 Å². The molecule has 1 radical (unpaired) electrons. The lowest BCUT2D eigenvalue weighted by atomic mass is 10.0. The summed E-state index contributed by atoms with van der Waals surface area (Å²) in [5.74, 6) is 3.04. The monoisotopic (exact) mass is 655 g/mol. The van der Waals surface area contributed by atoms with Crippen molar-refractivity contribution in [1.29, 1.82) is 0 Å². The highest BCUT2D eigenvalue weighted by Gasteiger charge is 2.07. The summed E-state index contributed by atoms with van der Waals surface area (Å²) in [6.45, 7) is 8.65. The molecule has 0 fully saturated rings. The van der Waals surface area contributed by atoms with Crippen LogP contribution in [0.5, 0.6) is 0 Å². The van der Waals surface area contributed by atoms with Crippen LogP contribution in [0.4, 0.5) is 0 Å². The standard InChI is InChI=1S/C44H84N3/c1-4-7-9-11-13-15-17-19-21-23-25-27-29-31-33-35-37-40-43-45-42(39-6-3)46-44(47-43)41-38-36-34-32-30-28-26-24-22-20-18-16-14-12-10-8-5-2/h3-41H2,1-2H3. The zero-order valence-corrected chi connectivity index (χ0v) is 32.4. The average molecular weight is 655 g/mol. The summed E-state index contributed by atoms with van der Waals surface area (Å²) in [5, 5.41) is 0. The minimum atomic E-state index is 0.862. The van der Waals surface area contributed by atoms with Gasteiger partial charge in [0.15, 0.2) is 0 Å². The zero-order chi connectivity index (χ0) is 33.7. The summed E-state index contributed by atoms with van der Waals surface area (Å²) in [4.78, 5) is 14.5. The molecule has 1 aromatic heterocycles. The first-order valence-electron chi connectivity index (χ1n) is 21.8. The van der Waals surface area contributed by atoms with Gasteiger partial charge in [-0.3, -0.25) is 0 Å². The predicted octanol–water partition coefficient (Wildman–Crippen LogP) is 15.0. The van der Waals surface area contributed by atoms with E-state index >= 15 is 0 Å². The summed E-state index contributed by atoms with van der Waals surface area (Å²) < 4.78 is 0. The molecular weight excluding hydrogens is 571 g/mol. The lowest BCUT2D eigenvalue weighted by Crippen LogP contribution is -2.08. The van der Waals surface area contributed by atoms with Gasteiger partial charge in [-0.25, -0.2) is 15.0 Å². The highest BCUT2D eigenvalue weighted by atomic mass is 15.0. The van der Waals surface area contributed by atoms with Crippen molar-refractivity contribution in [1.82, 2.24) is 15.0 Å². The first-order valence-corrected chi connectivity index (χ1v) is 21.8. The number of hydrogen-bond donors (Lipinski definition) is 0. The Morgan fingerprint density at radius 3 is 0.681 bits per heavy atom. The lowest BCUT2D eigenvalue weighted by molar-refractivity contribution is 0.525. The van der Waals surface area contributed by atoms with Crippen molar-refractivity contribution < 1.29 is 0 Å². The molecule has 0 saturated carbocycles. The Hall–Kier alpha value is -0.990. The quantitative estimate of drug-likeness (QED) is 0.0666.